The lowest BCUT2D eigenvalue weighted by atomic mass is 10.0. The second kappa shape index (κ2) is 8.08. The molecule has 0 aromatic heterocycles. The Bertz CT molecular complexity index is 659. The molecule has 0 unspecified atom stereocenters. The van der Waals surface area contributed by atoms with Gasteiger partial charge in [-0.2, -0.15) is 0 Å². The van der Waals surface area contributed by atoms with Crippen LogP contribution in [-0.2, 0) is 6.42 Å². The van der Waals surface area contributed by atoms with Crippen molar-refractivity contribution in [3.63, 3.8) is 0 Å². The molecule has 0 atom stereocenters. The highest BCUT2D eigenvalue weighted by Gasteiger charge is 2.16. The first-order valence-electron chi connectivity index (χ1n) is 8.49. The third-order valence-electron chi connectivity index (χ3n) is 4.63. The van der Waals surface area contributed by atoms with Crippen LogP contribution in [0.1, 0.15) is 16.7 Å². The standard InChI is InChI=1S/C20H25N3O/c1-22-11-13-23(14-12-22)16-20(21-24)19-9-7-18(8-10-19)15-17-5-3-2-4-6-17/h2-10,24H,11-16H2,1H3/b21-20+. The third kappa shape index (κ3) is 4.43. The van der Waals surface area contributed by atoms with Gasteiger partial charge in [0, 0.05) is 38.3 Å². The summed E-state index contributed by atoms with van der Waals surface area (Å²) in [6.45, 7) is 4.86. The van der Waals surface area contributed by atoms with Crippen LogP contribution < -0.4 is 0 Å². The molecule has 0 bridgehead atoms. The number of nitrogens with zero attached hydrogens (tertiary/aromatic N) is 3. The van der Waals surface area contributed by atoms with Crippen molar-refractivity contribution in [1.29, 1.82) is 0 Å². The highest BCUT2D eigenvalue weighted by molar-refractivity contribution is 6.01. The van der Waals surface area contributed by atoms with E-state index in [1.54, 1.807) is 0 Å². The second-order valence-electron chi connectivity index (χ2n) is 6.49. The molecule has 126 valence electrons. The summed E-state index contributed by atoms with van der Waals surface area (Å²) in [6, 6.07) is 18.8. The molecule has 0 spiro atoms. The van der Waals surface area contributed by atoms with Gasteiger partial charge in [0.2, 0.25) is 0 Å². The van der Waals surface area contributed by atoms with E-state index in [-0.39, 0.29) is 0 Å². The third-order valence-corrected chi connectivity index (χ3v) is 4.63. The molecule has 1 aliphatic rings. The molecule has 1 fully saturated rings. The highest BCUT2D eigenvalue weighted by atomic mass is 16.4. The molecular weight excluding hydrogens is 298 g/mol. The first-order chi connectivity index (χ1) is 11.7. The quantitative estimate of drug-likeness (QED) is 0.522. The fourth-order valence-corrected chi connectivity index (χ4v) is 3.04. The smallest absolute Gasteiger partial charge is 0.101 e. The van der Waals surface area contributed by atoms with Gasteiger partial charge >= 0.3 is 0 Å². The van der Waals surface area contributed by atoms with E-state index in [0.29, 0.717) is 6.54 Å². The molecule has 2 aromatic rings. The van der Waals surface area contributed by atoms with Crippen molar-refractivity contribution in [1.82, 2.24) is 9.80 Å². The first kappa shape index (κ1) is 16.7. The summed E-state index contributed by atoms with van der Waals surface area (Å²) < 4.78 is 0. The van der Waals surface area contributed by atoms with Crippen LogP contribution in [0.15, 0.2) is 59.8 Å². The van der Waals surface area contributed by atoms with Crippen molar-refractivity contribution >= 4 is 5.71 Å². The topological polar surface area (TPSA) is 39.1 Å². The van der Waals surface area contributed by atoms with Gasteiger partial charge in [-0.05, 0) is 24.6 Å². The van der Waals surface area contributed by atoms with Gasteiger partial charge in [0.25, 0.3) is 0 Å². The summed E-state index contributed by atoms with van der Waals surface area (Å²) in [5.41, 5.74) is 4.31. The molecule has 1 saturated heterocycles. The highest BCUT2D eigenvalue weighted by Crippen LogP contribution is 2.12. The lowest BCUT2D eigenvalue weighted by molar-refractivity contribution is 0.169. The van der Waals surface area contributed by atoms with Crippen molar-refractivity contribution in [3.8, 4) is 0 Å². The Morgan fingerprint density at radius 1 is 0.917 bits per heavy atom. The molecule has 0 aliphatic carbocycles. The first-order valence-corrected chi connectivity index (χ1v) is 8.49. The molecule has 0 radical (unpaired) electrons. The van der Waals surface area contributed by atoms with E-state index in [1.807, 2.05) is 6.07 Å². The predicted molar refractivity (Wildman–Crippen MR) is 98.0 cm³/mol. The SMILES string of the molecule is CN1CCN(C/C(=N\O)c2ccc(Cc3ccccc3)cc2)CC1. The number of benzene rings is 2. The molecule has 1 aliphatic heterocycles. The zero-order chi connectivity index (χ0) is 16.8. The molecule has 2 aromatic carbocycles. The van der Waals surface area contributed by atoms with Gasteiger partial charge in [-0.1, -0.05) is 59.8 Å². The molecule has 1 N–H and O–H groups in total. The lowest BCUT2D eigenvalue weighted by Gasteiger charge is -2.32. The van der Waals surface area contributed by atoms with Crippen LogP contribution in [0.2, 0.25) is 0 Å². The van der Waals surface area contributed by atoms with E-state index in [1.165, 1.54) is 11.1 Å². The molecular formula is C20H25N3O. The van der Waals surface area contributed by atoms with Crippen molar-refractivity contribution in [2.24, 2.45) is 5.16 Å². The minimum absolute atomic E-state index is 0.697. The maximum atomic E-state index is 9.42. The van der Waals surface area contributed by atoms with Crippen molar-refractivity contribution in [3.05, 3.63) is 71.3 Å². The average Bonchev–Trinajstić information content (AvgIpc) is 2.63. The number of oxime groups is 1. The van der Waals surface area contributed by atoms with E-state index in [4.69, 9.17) is 0 Å². The predicted octanol–water partition coefficient (Wildman–Crippen LogP) is 2.70. The molecule has 4 heteroatoms. The summed E-state index contributed by atoms with van der Waals surface area (Å²) in [5.74, 6) is 0. The summed E-state index contributed by atoms with van der Waals surface area (Å²) in [6.07, 6.45) is 0.922. The zero-order valence-corrected chi connectivity index (χ0v) is 14.2. The van der Waals surface area contributed by atoms with E-state index in [9.17, 15) is 5.21 Å². The van der Waals surface area contributed by atoms with E-state index < -0.39 is 0 Å². The summed E-state index contributed by atoms with van der Waals surface area (Å²) >= 11 is 0. The Hall–Kier alpha value is -2.17. The number of hydrogen-bond donors (Lipinski definition) is 1. The maximum Gasteiger partial charge on any atom is 0.101 e. The molecule has 3 rings (SSSR count). The summed E-state index contributed by atoms with van der Waals surface area (Å²) in [5, 5.41) is 13.0. The Balaban J connectivity index is 1.63. The normalized spacial score (nSPS) is 17.1. The van der Waals surface area contributed by atoms with Gasteiger partial charge in [0.15, 0.2) is 0 Å². The molecule has 1 heterocycles. The number of rotatable bonds is 5. The van der Waals surface area contributed by atoms with E-state index in [2.05, 4.69) is 70.5 Å². The van der Waals surface area contributed by atoms with Crippen molar-refractivity contribution < 1.29 is 5.21 Å². The van der Waals surface area contributed by atoms with Crippen LogP contribution in [0.25, 0.3) is 0 Å². The van der Waals surface area contributed by atoms with Crippen LogP contribution in [0, 0.1) is 0 Å². The monoisotopic (exact) mass is 323 g/mol. The van der Waals surface area contributed by atoms with Crippen molar-refractivity contribution in [2.45, 2.75) is 6.42 Å². The molecule has 0 saturated carbocycles. The summed E-state index contributed by atoms with van der Waals surface area (Å²) in [7, 11) is 2.14. The van der Waals surface area contributed by atoms with E-state index in [0.717, 1.165) is 43.9 Å². The summed E-state index contributed by atoms with van der Waals surface area (Å²) in [4.78, 5) is 4.66. The van der Waals surface area contributed by atoms with Gasteiger partial charge in [-0.25, -0.2) is 0 Å². The Morgan fingerprint density at radius 3 is 2.17 bits per heavy atom. The fourth-order valence-electron chi connectivity index (χ4n) is 3.04. The number of hydrogen-bond acceptors (Lipinski definition) is 4. The number of piperazine rings is 1. The van der Waals surface area contributed by atoms with Crippen LogP contribution in [0.5, 0.6) is 0 Å². The molecule has 4 nitrogen and oxygen atoms in total. The minimum Gasteiger partial charge on any atom is -0.411 e. The fraction of sp³-hybridized carbons (Fsp3) is 0.350. The molecule has 0 amide bonds. The minimum atomic E-state index is 0.697. The van der Waals surface area contributed by atoms with Crippen LogP contribution in [-0.4, -0.2) is 60.5 Å². The largest absolute Gasteiger partial charge is 0.411 e. The Morgan fingerprint density at radius 2 is 1.54 bits per heavy atom. The van der Waals surface area contributed by atoms with Gasteiger partial charge in [-0.15, -0.1) is 0 Å². The Kier molecular flexibility index (Phi) is 5.62. The number of likely N-dealkylation sites (N-methyl/N-ethyl adjacent to an activating group) is 1. The maximum absolute atomic E-state index is 9.42. The Labute approximate surface area is 144 Å². The average molecular weight is 323 g/mol. The van der Waals surface area contributed by atoms with Gasteiger partial charge in [0.05, 0.1) is 0 Å². The van der Waals surface area contributed by atoms with Crippen LogP contribution >= 0.6 is 0 Å². The van der Waals surface area contributed by atoms with Gasteiger partial charge in [-0.3, -0.25) is 4.90 Å². The van der Waals surface area contributed by atoms with Crippen LogP contribution in [0.3, 0.4) is 0 Å². The second-order valence-corrected chi connectivity index (χ2v) is 6.49. The van der Waals surface area contributed by atoms with Gasteiger partial charge in [0.1, 0.15) is 5.71 Å². The lowest BCUT2D eigenvalue weighted by Crippen LogP contribution is -2.46. The molecule has 24 heavy (non-hydrogen) atoms. The van der Waals surface area contributed by atoms with Crippen LogP contribution in [0.4, 0.5) is 0 Å². The van der Waals surface area contributed by atoms with Gasteiger partial charge < -0.3 is 10.1 Å². The van der Waals surface area contributed by atoms with E-state index >= 15 is 0 Å². The zero-order valence-electron chi connectivity index (χ0n) is 14.2. The van der Waals surface area contributed by atoms with Crippen molar-refractivity contribution in [2.75, 3.05) is 39.8 Å².